The number of carbonyl (C=O) groups is 1. The predicted molar refractivity (Wildman–Crippen MR) is 91.8 cm³/mol. The van der Waals surface area contributed by atoms with E-state index in [0.717, 1.165) is 29.7 Å². The molecule has 0 aliphatic rings. The quantitative estimate of drug-likeness (QED) is 0.363. The molecule has 0 aliphatic heterocycles. The van der Waals surface area contributed by atoms with E-state index in [2.05, 4.69) is 9.89 Å². The van der Waals surface area contributed by atoms with Gasteiger partial charge in [0.2, 0.25) is 0 Å². The van der Waals surface area contributed by atoms with Gasteiger partial charge in [0.1, 0.15) is 12.4 Å². The van der Waals surface area contributed by atoms with Crippen molar-refractivity contribution in [3.05, 3.63) is 65.2 Å². The maximum Gasteiger partial charge on any atom is 0.337 e. The lowest BCUT2D eigenvalue weighted by molar-refractivity contribution is 0.0600. The van der Waals surface area contributed by atoms with Crippen LogP contribution in [0.5, 0.6) is 5.75 Å². The van der Waals surface area contributed by atoms with Gasteiger partial charge in [-0.05, 0) is 55.2 Å². The van der Waals surface area contributed by atoms with Gasteiger partial charge in [-0.1, -0.05) is 29.4 Å². The minimum atomic E-state index is -0.348. The Labute approximate surface area is 141 Å². The summed E-state index contributed by atoms with van der Waals surface area (Å²) in [4.78, 5) is 11.4. The van der Waals surface area contributed by atoms with Crippen LogP contribution in [0, 0.1) is 0 Å². The number of methoxy groups -OCH3 is 1. The molecule has 126 valence electrons. The number of carbonyl (C=O) groups excluding carboxylic acids is 1. The second-order valence-corrected chi connectivity index (χ2v) is 5.46. The lowest BCUT2D eigenvalue weighted by Gasteiger charge is -2.08. The van der Waals surface area contributed by atoms with Gasteiger partial charge < -0.3 is 14.7 Å². The number of esters is 1. The first-order valence-electron chi connectivity index (χ1n) is 7.69. The molecule has 0 spiro atoms. The Morgan fingerprint density at radius 3 is 2.25 bits per heavy atom. The van der Waals surface area contributed by atoms with Crippen molar-refractivity contribution >= 4 is 11.7 Å². The number of ether oxygens (including phenoxy) is 2. The summed E-state index contributed by atoms with van der Waals surface area (Å²) in [5, 5.41) is 11.8. The molecule has 0 amide bonds. The molecule has 2 aromatic rings. The average molecular weight is 327 g/mol. The maximum absolute atomic E-state index is 11.4. The van der Waals surface area contributed by atoms with E-state index < -0.39 is 0 Å². The van der Waals surface area contributed by atoms with Crippen molar-refractivity contribution in [2.75, 3.05) is 7.11 Å². The van der Waals surface area contributed by atoms with Crippen molar-refractivity contribution in [2.45, 2.75) is 26.4 Å². The van der Waals surface area contributed by atoms with E-state index in [4.69, 9.17) is 9.94 Å². The van der Waals surface area contributed by atoms with Crippen molar-refractivity contribution in [1.29, 1.82) is 0 Å². The second-order valence-electron chi connectivity index (χ2n) is 5.46. The molecule has 0 heterocycles. The van der Waals surface area contributed by atoms with Gasteiger partial charge in [0.05, 0.1) is 18.4 Å². The third-order valence-corrected chi connectivity index (χ3v) is 3.65. The zero-order valence-electron chi connectivity index (χ0n) is 13.9. The number of benzene rings is 2. The van der Waals surface area contributed by atoms with E-state index in [-0.39, 0.29) is 5.97 Å². The van der Waals surface area contributed by atoms with Crippen LogP contribution in [0.2, 0.25) is 0 Å². The number of hydrogen-bond acceptors (Lipinski definition) is 5. The summed E-state index contributed by atoms with van der Waals surface area (Å²) in [7, 11) is 1.36. The van der Waals surface area contributed by atoms with E-state index >= 15 is 0 Å². The van der Waals surface area contributed by atoms with Gasteiger partial charge in [-0.3, -0.25) is 0 Å². The van der Waals surface area contributed by atoms with Crippen LogP contribution in [-0.4, -0.2) is 24.0 Å². The summed E-state index contributed by atoms with van der Waals surface area (Å²) < 4.78 is 10.4. The minimum absolute atomic E-state index is 0.348. The Morgan fingerprint density at radius 2 is 1.67 bits per heavy atom. The summed E-state index contributed by atoms with van der Waals surface area (Å²) in [5.41, 5.74) is 3.37. The van der Waals surface area contributed by atoms with Crippen molar-refractivity contribution in [3.63, 3.8) is 0 Å². The van der Waals surface area contributed by atoms with Crippen LogP contribution >= 0.6 is 0 Å². The molecule has 0 unspecified atom stereocenters. The Hall–Kier alpha value is -2.82. The van der Waals surface area contributed by atoms with Crippen LogP contribution in [0.3, 0.4) is 0 Å². The maximum atomic E-state index is 11.4. The number of hydrogen-bond donors (Lipinski definition) is 1. The predicted octanol–water partition coefficient (Wildman–Crippen LogP) is 3.83. The van der Waals surface area contributed by atoms with E-state index in [1.807, 2.05) is 36.4 Å². The fourth-order valence-corrected chi connectivity index (χ4v) is 2.15. The Balaban J connectivity index is 1.87. The molecule has 2 aromatic carbocycles. The van der Waals surface area contributed by atoms with Crippen LogP contribution < -0.4 is 4.74 Å². The van der Waals surface area contributed by atoms with Gasteiger partial charge in [0.25, 0.3) is 0 Å². The third-order valence-electron chi connectivity index (χ3n) is 3.65. The standard InChI is InChI=1S/C19H21NO4/c1-14(20-22)3-4-15-7-11-18(12-8-15)24-13-16-5-9-17(10-6-16)19(21)23-2/h5-12,22H,3-4,13H2,1-2H3. The SMILES string of the molecule is COC(=O)c1ccc(COc2ccc(CCC(C)=NO)cc2)cc1. The van der Waals surface area contributed by atoms with Crippen molar-refractivity contribution in [2.24, 2.45) is 5.16 Å². The zero-order valence-corrected chi connectivity index (χ0v) is 13.9. The van der Waals surface area contributed by atoms with Gasteiger partial charge >= 0.3 is 5.97 Å². The highest BCUT2D eigenvalue weighted by Crippen LogP contribution is 2.16. The number of rotatable bonds is 7. The number of oxime groups is 1. The summed E-state index contributed by atoms with van der Waals surface area (Å²) in [6.45, 7) is 2.22. The van der Waals surface area contributed by atoms with Crippen LogP contribution in [0.15, 0.2) is 53.7 Å². The monoisotopic (exact) mass is 327 g/mol. The topological polar surface area (TPSA) is 68.1 Å². The van der Waals surface area contributed by atoms with Gasteiger partial charge in [-0.15, -0.1) is 0 Å². The largest absolute Gasteiger partial charge is 0.489 e. The highest BCUT2D eigenvalue weighted by atomic mass is 16.5. The molecule has 0 aromatic heterocycles. The van der Waals surface area contributed by atoms with E-state index in [1.54, 1.807) is 19.1 Å². The van der Waals surface area contributed by atoms with Crippen LogP contribution in [-0.2, 0) is 17.8 Å². The molecule has 5 nitrogen and oxygen atoms in total. The van der Waals surface area contributed by atoms with Gasteiger partial charge in [0.15, 0.2) is 0 Å². The molecule has 0 bridgehead atoms. The first-order chi connectivity index (χ1) is 11.6. The fraction of sp³-hybridized carbons (Fsp3) is 0.263. The molecule has 1 N–H and O–H groups in total. The Morgan fingerprint density at radius 1 is 1.04 bits per heavy atom. The molecule has 0 saturated heterocycles. The molecular weight excluding hydrogens is 306 g/mol. The van der Waals surface area contributed by atoms with Crippen LogP contribution in [0.1, 0.15) is 34.8 Å². The summed E-state index contributed by atoms with van der Waals surface area (Å²) in [6.07, 6.45) is 1.55. The van der Waals surface area contributed by atoms with E-state index in [9.17, 15) is 4.79 Å². The molecule has 0 aliphatic carbocycles. The van der Waals surface area contributed by atoms with Crippen molar-refractivity contribution < 1.29 is 19.5 Å². The van der Waals surface area contributed by atoms with Gasteiger partial charge in [-0.2, -0.15) is 0 Å². The number of aryl methyl sites for hydroxylation is 1. The van der Waals surface area contributed by atoms with Crippen LogP contribution in [0.25, 0.3) is 0 Å². The Bertz CT molecular complexity index is 690. The number of nitrogens with zero attached hydrogens (tertiary/aromatic N) is 1. The molecule has 0 radical (unpaired) electrons. The van der Waals surface area contributed by atoms with E-state index in [1.165, 1.54) is 7.11 Å². The molecule has 0 saturated carbocycles. The van der Waals surface area contributed by atoms with Crippen LogP contribution in [0.4, 0.5) is 0 Å². The molecule has 2 rings (SSSR count). The molecule has 0 atom stereocenters. The fourth-order valence-electron chi connectivity index (χ4n) is 2.15. The first kappa shape index (κ1) is 17.5. The van der Waals surface area contributed by atoms with Gasteiger partial charge in [-0.25, -0.2) is 4.79 Å². The summed E-state index contributed by atoms with van der Waals surface area (Å²) in [5.74, 6) is 0.433. The normalized spacial score (nSPS) is 11.2. The highest BCUT2D eigenvalue weighted by Gasteiger charge is 2.04. The van der Waals surface area contributed by atoms with Crippen molar-refractivity contribution in [1.82, 2.24) is 0 Å². The molecule has 5 heteroatoms. The molecule has 24 heavy (non-hydrogen) atoms. The Kier molecular flexibility index (Phi) is 6.37. The summed E-state index contributed by atoms with van der Waals surface area (Å²) in [6, 6.07) is 15.0. The minimum Gasteiger partial charge on any atom is -0.489 e. The van der Waals surface area contributed by atoms with Gasteiger partial charge in [0, 0.05) is 0 Å². The first-order valence-corrected chi connectivity index (χ1v) is 7.69. The lowest BCUT2D eigenvalue weighted by atomic mass is 10.1. The lowest BCUT2D eigenvalue weighted by Crippen LogP contribution is -2.02. The zero-order chi connectivity index (χ0) is 17.4. The summed E-state index contributed by atoms with van der Waals surface area (Å²) >= 11 is 0. The third kappa shape index (κ3) is 5.12. The van der Waals surface area contributed by atoms with E-state index in [0.29, 0.717) is 17.9 Å². The average Bonchev–Trinajstić information content (AvgIpc) is 2.65. The second kappa shape index (κ2) is 8.72. The molecular formula is C19H21NO4. The molecule has 0 fully saturated rings. The highest BCUT2D eigenvalue weighted by molar-refractivity contribution is 5.89. The smallest absolute Gasteiger partial charge is 0.337 e. The van der Waals surface area contributed by atoms with Crippen molar-refractivity contribution in [3.8, 4) is 5.75 Å².